The maximum atomic E-state index is 11.7. The molecule has 1 fully saturated rings. The van der Waals surface area contributed by atoms with E-state index < -0.39 is 17.5 Å². The summed E-state index contributed by atoms with van der Waals surface area (Å²) in [6, 6.07) is 0. The van der Waals surface area contributed by atoms with E-state index in [9.17, 15) is 9.59 Å². The van der Waals surface area contributed by atoms with Crippen LogP contribution in [0.4, 0.5) is 0 Å². The number of amides is 1. The van der Waals surface area contributed by atoms with E-state index in [0.717, 1.165) is 0 Å². The Morgan fingerprint density at radius 3 is 2.25 bits per heavy atom. The molecule has 0 radical (unpaired) electrons. The molecule has 92 valence electrons. The molecule has 0 bridgehead atoms. The molecule has 1 rings (SSSR count). The van der Waals surface area contributed by atoms with Gasteiger partial charge in [-0.25, -0.2) is 0 Å². The van der Waals surface area contributed by atoms with E-state index in [2.05, 4.69) is 0 Å². The third kappa shape index (κ3) is 2.35. The first-order valence-corrected chi connectivity index (χ1v) is 5.46. The van der Waals surface area contributed by atoms with E-state index in [0.29, 0.717) is 13.1 Å². The highest BCUT2D eigenvalue weighted by molar-refractivity contribution is 5.85. The Kier molecular flexibility index (Phi) is 3.57. The van der Waals surface area contributed by atoms with Gasteiger partial charge in [-0.3, -0.25) is 9.59 Å². The fraction of sp³-hybridized carbons (Fsp3) is 0.818. The van der Waals surface area contributed by atoms with Crippen molar-refractivity contribution >= 4 is 11.9 Å². The van der Waals surface area contributed by atoms with Crippen molar-refractivity contribution in [2.45, 2.75) is 33.3 Å². The van der Waals surface area contributed by atoms with Gasteiger partial charge in [0.1, 0.15) is 0 Å². The van der Waals surface area contributed by atoms with Crippen LogP contribution in [0.25, 0.3) is 0 Å². The van der Waals surface area contributed by atoms with E-state index in [1.165, 1.54) is 4.90 Å². The van der Waals surface area contributed by atoms with E-state index in [4.69, 9.17) is 10.2 Å². The minimum atomic E-state index is -1.03. The molecule has 1 saturated heterocycles. The number of β-amino-alcohol motifs (C(OH)–C–C–N with tert-alkyl or cyclic N) is 1. The van der Waals surface area contributed by atoms with Gasteiger partial charge in [-0.05, 0) is 12.8 Å². The normalized spacial score (nSPS) is 20.4. The quantitative estimate of drug-likeness (QED) is 0.728. The summed E-state index contributed by atoms with van der Waals surface area (Å²) >= 11 is 0. The minimum absolute atomic E-state index is 0.00722. The van der Waals surface area contributed by atoms with Crippen LogP contribution in [0.1, 0.15) is 27.2 Å². The van der Waals surface area contributed by atoms with Crippen LogP contribution in [0, 0.1) is 11.3 Å². The second kappa shape index (κ2) is 4.41. The van der Waals surface area contributed by atoms with E-state index in [-0.39, 0.29) is 18.2 Å². The number of aliphatic hydroxyl groups is 1. The molecule has 1 aliphatic heterocycles. The van der Waals surface area contributed by atoms with E-state index >= 15 is 0 Å². The summed E-state index contributed by atoms with van der Waals surface area (Å²) in [6.07, 6.45) is -0.453. The first kappa shape index (κ1) is 13.0. The number of aliphatic carboxylic acids is 1. The number of carbonyl (C=O) groups is 2. The zero-order chi connectivity index (χ0) is 12.5. The van der Waals surface area contributed by atoms with Gasteiger partial charge in [-0.15, -0.1) is 0 Å². The summed E-state index contributed by atoms with van der Waals surface area (Å²) < 4.78 is 0. The SMILES string of the molecule is CC(C)C(C)(CC(=O)N1CC(O)C1)C(=O)O. The van der Waals surface area contributed by atoms with Crippen molar-refractivity contribution < 1.29 is 19.8 Å². The fourth-order valence-corrected chi connectivity index (χ4v) is 1.61. The lowest BCUT2D eigenvalue weighted by molar-refractivity contribution is -0.158. The summed E-state index contributed by atoms with van der Waals surface area (Å²) in [5.41, 5.74) is -1.03. The lowest BCUT2D eigenvalue weighted by Crippen LogP contribution is -2.55. The lowest BCUT2D eigenvalue weighted by atomic mass is 9.76. The molecule has 0 aliphatic carbocycles. The van der Waals surface area contributed by atoms with Crippen molar-refractivity contribution in [3.63, 3.8) is 0 Å². The lowest BCUT2D eigenvalue weighted by Gasteiger charge is -2.38. The average molecular weight is 229 g/mol. The van der Waals surface area contributed by atoms with Crippen molar-refractivity contribution in [2.75, 3.05) is 13.1 Å². The smallest absolute Gasteiger partial charge is 0.310 e. The summed E-state index contributed by atoms with van der Waals surface area (Å²) in [5.74, 6) is -1.25. The van der Waals surface area contributed by atoms with Gasteiger partial charge in [0.25, 0.3) is 0 Å². The van der Waals surface area contributed by atoms with Crippen LogP contribution >= 0.6 is 0 Å². The highest BCUT2D eigenvalue weighted by Gasteiger charge is 2.41. The van der Waals surface area contributed by atoms with Gasteiger partial charge in [0.05, 0.1) is 11.5 Å². The molecule has 0 aromatic heterocycles. The molecule has 2 N–H and O–H groups in total. The summed E-state index contributed by atoms with van der Waals surface area (Å²) in [7, 11) is 0. The van der Waals surface area contributed by atoms with Crippen LogP contribution in [0.3, 0.4) is 0 Å². The Morgan fingerprint density at radius 2 is 1.94 bits per heavy atom. The summed E-state index contributed by atoms with van der Waals surface area (Å²) in [5, 5.41) is 18.2. The molecule has 0 aromatic carbocycles. The van der Waals surface area contributed by atoms with Crippen molar-refractivity contribution in [2.24, 2.45) is 11.3 Å². The number of hydrogen-bond donors (Lipinski definition) is 2. The maximum absolute atomic E-state index is 11.7. The van der Waals surface area contributed by atoms with Gasteiger partial charge >= 0.3 is 5.97 Å². The topological polar surface area (TPSA) is 77.8 Å². The number of rotatable bonds is 4. The molecule has 5 heteroatoms. The molecule has 0 aromatic rings. The summed E-state index contributed by atoms with van der Waals surface area (Å²) in [6.45, 7) is 5.84. The first-order valence-electron chi connectivity index (χ1n) is 5.46. The van der Waals surface area contributed by atoms with Gasteiger partial charge in [0.15, 0.2) is 0 Å². The van der Waals surface area contributed by atoms with E-state index in [1.807, 2.05) is 0 Å². The number of carboxylic acid groups (broad SMARTS) is 1. The molecule has 1 aliphatic rings. The second-order valence-corrected chi connectivity index (χ2v) is 5.01. The minimum Gasteiger partial charge on any atom is -0.481 e. The molecule has 1 atom stereocenters. The predicted octanol–water partition coefficient (Wildman–Crippen LogP) is 0.327. The zero-order valence-electron chi connectivity index (χ0n) is 9.93. The van der Waals surface area contributed by atoms with Crippen LogP contribution in [0.5, 0.6) is 0 Å². The van der Waals surface area contributed by atoms with Crippen LogP contribution in [0.15, 0.2) is 0 Å². The Hall–Kier alpha value is -1.10. The number of hydrogen-bond acceptors (Lipinski definition) is 3. The first-order chi connectivity index (χ1) is 7.27. The average Bonchev–Trinajstić information content (AvgIpc) is 2.11. The summed E-state index contributed by atoms with van der Waals surface area (Å²) in [4.78, 5) is 24.4. The van der Waals surface area contributed by atoms with Gasteiger partial charge < -0.3 is 15.1 Å². The molecule has 0 spiro atoms. The third-order valence-electron chi connectivity index (χ3n) is 3.50. The maximum Gasteiger partial charge on any atom is 0.310 e. The molecule has 1 amide bonds. The molecule has 1 unspecified atom stereocenters. The highest BCUT2D eigenvalue weighted by atomic mass is 16.4. The van der Waals surface area contributed by atoms with Crippen LogP contribution in [0.2, 0.25) is 0 Å². The van der Waals surface area contributed by atoms with Gasteiger partial charge in [-0.1, -0.05) is 13.8 Å². The van der Waals surface area contributed by atoms with Crippen molar-refractivity contribution in [3.8, 4) is 0 Å². The highest BCUT2D eigenvalue weighted by Crippen LogP contribution is 2.32. The van der Waals surface area contributed by atoms with E-state index in [1.54, 1.807) is 20.8 Å². The fourth-order valence-electron chi connectivity index (χ4n) is 1.61. The number of carbonyl (C=O) groups excluding carboxylic acids is 1. The van der Waals surface area contributed by atoms with Gasteiger partial charge in [-0.2, -0.15) is 0 Å². The second-order valence-electron chi connectivity index (χ2n) is 5.01. The third-order valence-corrected chi connectivity index (χ3v) is 3.50. The van der Waals surface area contributed by atoms with Gasteiger partial charge in [0, 0.05) is 19.5 Å². The molecular weight excluding hydrogens is 210 g/mol. The molecule has 0 saturated carbocycles. The number of likely N-dealkylation sites (tertiary alicyclic amines) is 1. The van der Waals surface area contributed by atoms with Gasteiger partial charge in [0.2, 0.25) is 5.91 Å². The van der Waals surface area contributed by atoms with Crippen LogP contribution < -0.4 is 0 Å². The number of carboxylic acids is 1. The predicted molar refractivity (Wildman–Crippen MR) is 57.8 cm³/mol. The van der Waals surface area contributed by atoms with Crippen LogP contribution in [-0.4, -0.2) is 46.2 Å². The largest absolute Gasteiger partial charge is 0.481 e. The molecular formula is C11H19NO4. The Labute approximate surface area is 95.1 Å². The Balaban J connectivity index is 2.63. The van der Waals surface area contributed by atoms with Crippen molar-refractivity contribution in [3.05, 3.63) is 0 Å². The monoisotopic (exact) mass is 229 g/mol. The van der Waals surface area contributed by atoms with Crippen molar-refractivity contribution in [1.29, 1.82) is 0 Å². The molecule has 1 heterocycles. The molecule has 5 nitrogen and oxygen atoms in total. The molecule has 16 heavy (non-hydrogen) atoms. The van der Waals surface area contributed by atoms with Crippen LogP contribution in [-0.2, 0) is 9.59 Å². The number of nitrogens with zero attached hydrogens (tertiary/aromatic N) is 1. The Bertz CT molecular complexity index is 296. The van der Waals surface area contributed by atoms with Crippen molar-refractivity contribution in [1.82, 2.24) is 4.90 Å². The zero-order valence-corrected chi connectivity index (χ0v) is 9.93. The standard InChI is InChI=1S/C11H19NO4/c1-7(2)11(3,10(15)16)4-9(14)12-5-8(13)6-12/h7-8,13H,4-6H2,1-3H3,(H,15,16). The number of aliphatic hydroxyl groups excluding tert-OH is 1. The Morgan fingerprint density at radius 1 is 1.44 bits per heavy atom.